The first-order valence-corrected chi connectivity index (χ1v) is 17.1. The zero-order valence-electron chi connectivity index (χ0n) is 30.3. The third-order valence-electron chi connectivity index (χ3n) is 8.13. The molecule has 0 radical (unpaired) electrons. The van der Waals surface area contributed by atoms with Gasteiger partial charge < -0.3 is 26.6 Å². The number of unbranched alkanes of at least 4 members (excludes halogenated alkanes) is 1. The van der Waals surface area contributed by atoms with Gasteiger partial charge in [-0.2, -0.15) is 0 Å². The highest BCUT2D eigenvalue weighted by atomic mass is 16.2. The predicted octanol–water partition coefficient (Wildman–Crippen LogP) is 3.66. The lowest BCUT2D eigenvalue weighted by Crippen LogP contribution is -2.61. The molecule has 0 saturated carbocycles. The summed E-state index contributed by atoms with van der Waals surface area (Å²) in [5, 5.41) is 13.7. The van der Waals surface area contributed by atoms with Crippen molar-refractivity contribution in [3.8, 4) is 0 Å². The highest BCUT2D eigenvalue weighted by Gasteiger charge is 2.37. The summed E-state index contributed by atoms with van der Waals surface area (Å²) in [7, 11) is 0. The highest BCUT2D eigenvalue weighted by Crippen LogP contribution is 2.21. The maximum absolute atomic E-state index is 13.9. The number of amides is 5. The molecule has 4 atom stereocenters. The fourth-order valence-corrected chi connectivity index (χ4v) is 5.36. The monoisotopic (exact) mass is 677 g/mol. The maximum atomic E-state index is 13.9. The molecule has 0 aliphatic carbocycles. The van der Waals surface area contributed by atoms with E-state index < -0.39 is 59.0 Å². The normalized spacial score (nSPS) is 13.7. The van der Waals surface area contributed by atoms with E-state index in [2.05, 4.69) is 26.6 Å². The zero-order valence-corrected chi connectivity index (χ0v) is 30.3. The van der Waals surface area contributed by atoms with Gasteiger partial charge in [0.15, 0.2) is 0 Å². The van der Waals surface area contributed by atoms with Gasteiger partial charge in [-0.05, 0) is 47.8 Å². The molecule has 0 aliphatic rings. The molecule has 49 heavy (non-hydrogen) atoms. The van der Waals surface area contributed by atoms with Crippen molar-refractivity contribution in [3.63, 3.8) is 0 Å². The largest absolute Gasteiger partial charge is 0.345 e. The second-order valence-electron chi connectivity index (χ2n) is 14.1. The van der Waals surface area contributed by atoms with Crippen molar-refractivity contribution in [2.24, 2.45) is 11.3 Å². The minimum absolute atomic E-state index is 0.0176. The van der Waals surface area contributed by atoms with Crippen LogP contribution in [-0.4, -0.2) is 59.5 Å². The van der Waals surface area contributed by atoms with Crippen molar-refractivity contribution in [2.75, 3.05) is 0 Å². The molecule has 0 aromatic heterocycles. The molecule has 11 nitrogen and oxygen atoms in total. The minimum Gasteiger partial charge on any atom is -0.345 e. The summed E-state index contributed by atoms with van der Waals surface area (Å²) in [6.45, 7) is 14.5. The molecule has 0 aliphatic heterocycles. The summed E-state index contributed by atoms with van der Waals surface area (Å²) in [5.41, 5.74) is 1.89. The van der Waals surface area contributed by atoms with E-state index >= 15 is 0 Å². The van der Waals surface area contributed by atoms with Crippen molar-refractivity contribution in [3.05, 3.63) is 71.3 Å². The van der Waals surface area contributed by atoms with Crippen molar-refractivity contribution in [2.45, 2.75) is 118 Å². The van der Waals surface area contributed by atoms with E-state index in [1.165, 1.54) is 6.92 Å². The third-order valence-corrected chi connectivity index (χ3v) is 8.13. The molecule has 11 heteroatoms. The van der Waals surface area contributed by atoms with Crippen LogP contribution in [0, 0.1) is 18.3 Å². The molecule has 2 rings (SSSR count). The molecule has 5 N–H and O–H groups in total. The number of carbonyl (C=O) groups is 6. The molecule has 0 heterocycles. The lowest BCUT2D eigenvalue weighted by atomic mass is 9.85. The molecular weight excluding hydrogens is 622 g/mol. The Morgan fingerprint density at radius 1 is 0.735 bits per heavy atom. The average molecular weight is 678 g/mol. The molecule has 5 amide bonds. The van der Waals surface area contributed by atoms with Crippen LogP contribution >= 0.6 is 0 Å². The van der Waals surface area contributed by atoms with Crippen molar-refractivity contribution in [1.29, 1.82) is 0 Å². The first kappa shape index (κ1) is 40.6. The number of hydrogen-bond acceptors (Lipinski definition) is 6. The fraction of sp³-hybridized carbons (Fsp3) is 0.526. The Bertz CT molecular complexity index is 1440. The molecule has 0 spiro atoms. The summed E-state index contributed by atoms with van der Waals surface area (Å²) < 4.78 is 0. The third kappa shape index (κ3) is 13.8. The van der Waals surface area contributed by atoms with Crippen molar-refractivity contribution < 1.29 is 28.8 Å². The fourth-order valence-electron chi connectivity index (χ4n) is 5.36. The Morgan fingerprint density at radius 2 is 1.33 bits per heavy atom. The summed E-state index contributed by atoms with van der Waals surface area (Å²) in [5.74, 6) is -3.69. The minimum atomic E-state index is -1.08. The lowest BCUT2D eigenvalue weighted by Gasteiger charge is -2.33. The Balaban J connectivity index is 2.24. The van der Waals surface area contributed by atoms with E-state index in [4.69, 9.17) is 0 Å². The van der Waals surface area contributed by atoms with Gasteiger partial charge in [0.05, 0.1) is 6.04 Å². The van der Waals surface area contributed by atoms with E-state index in [-0.39, 0.29) is 37.6 Å². The summed E-state index contributed by atoms with van der Waals surface area (Å²) in [6.07, 6.45) is 2.07. The topological polar surface area (TPSA) is 163 Å². The van der Waals surface area contributed by atoms with Gasteiger partial charge in [-0.3, -0.25) is 28.8 Å². The second kappa shape index (κ2) is 19.5. The Labute approximate surface area is 291 Å². The van der Waals surface area contributed by atoms with E-state index in [1.807, 2.05) is 82.3 Å². The molecule has 268 valence electrons. The maximum Gasteiger partial charge on any atom is 0.289 e. The van der Waals surface area contributed by atoms with Crippen LogP contribution in [-0.2, 0) is 41.7 Å². The summed E-state index contributed by atoms with van der Waals surface area (Å²) >= 11 is 0. The molecule has 0 fully saturated rings. The van der Waals surface area contributed by atoms with Crippen LogP contribution in [0.2, 0.25) is 0 Å². The van der Waals surface area contributed by atoms with Crippen LogP contribution in [0.3, 0.4) is 0 Å². The Morgan fingerprint density at radius 3 is 1.90 bits per heavy atom. The number of benzene rings is 2. The molecule has 2 aromatic carbocycles. The summed E-state index contributed by atoms with van der Waals surface area (Å²) in [4.78, 5) is 79.3. The van der Waals surface area contributed by atoms with Crippen LogP contribution in [0.1, 0.15) is 90.8 Å². The van der Waals surface area contributed by atoms with Gasteiger partial charge in [-0.1, -0.05) is 109 Å². The lowest BCUT2D eigenvalue weighted by molar-refractivity contribution is -0.141. The standard InChI is InChI=1S/C38H55N5O6/c1-9-10-20-29(32(45)36(48)39-23-27-17-12-11-13-18-27)41-34(46)30(21-24(2)3)42-37(49)33(38(6,7)8)43-35(47)31(40-26(5)44)22-28-19-15-14-16-25(28)4/h11-19,24,29-31,33H,9-10,20-23H2,1-8H3,(H,39,48)(H,40,44)(H,41,46)(H,42,49)(H,43,47)/t29-,30-,31-,33+/m0/s1. The number of aryl methyl sites for hydroxylation is 1. The first-order chi connectivity index (χ1) is 23.0. The Hall–Kier alpha value is -4.54. The number of nitrogens with one attached hydrogen (secondary N) is 5. The SMILES string of the molecule is CCCC[C@H](NC(=O)[C@H](CC(C)C)NC(=O)[C@@H](NC(=O)[C@H](Cc1ccccc1C)NC(C)=O)C(C)(C)C)C(=O)C(=O)NCc1ccccc1. The molecule has 0 saturated heterocycles. The number of hydrogen-bond donors (Lipinski definition) is 5. The number of rotatable bonds is 18. The average Bonchev–Trinajstić information content (AvgIpc) is 3.03. The van der Waals surface area contributed by atoms with Crippen LogP contribution in [0.15, 0.2) is 54.6 Å². The van der Waals surface area contributed by atoms with Gasteiger partial charge in [0, 0.05) is 19.9 Å². The molecular formula is C38H55N5O6. The molecule has 0 unspecified atom stereocenters. The number of carbonyl (C=O) groups excluding carboxylic acids is 6. The number of Topliss-reactive ketones (excluding diaryl/α,β-unsaturated/α-hetero) is 1. The van der Waals surface area contributed by atoms with E-state index in [9.17, 15) is 28.8 Å². The quantitative estimate of drug-likeness (QED) is 0.151. The van der Waals surface area contributed by atoms with Crippen LogP contribution < -0.4 is 26.6 Å². The molecule has 0 bridgehead atoms. The predicted molar refractivity (Wildman–Crippen MR) is 190 cm³/mol. The van der Waals surface area contributed by atoms with E-state index in [0.717, 1.165) is 23.1 Å². The van der Waals surface area contributed by atoms with Gasteiger partial charge in [0.2, 0.25) is 29.4 Å². The van der Waals surface area contributed by atoms with Crippen LogP contribution in [0.4, 0.5) is 0 Å². The smallest absolute Gasteiger partial charge is 0.289 e. The number of ketones is 1. The molecule has 2 aromatic rings. The van der Waals surface area contributed by atoms with Crippen molar-refractivity contribution >= 4 is 35.3 Å². The van der Waals surface area contributed by atoms with Crippen LogP contribution in [0.25, 0.3) is 0 Å². The zero-order chi connectivity index (χ0) is 36.7. The van der Waals surface area contributed by atoms with Crippen molar-refractivity contribution in [1.82, 2.24) is 26.6 Å². The first-order valence-electron chi connectivity index (χ1n) is 17.1. The summed E-state index contributed by atoms with van der Waals surface area (Å²) in [6, 6.07) is 12.6. The van der Waals surface area contributed by atoms with Gasteiger partial charge in [-0.15, -0.1) is 0 Å². The van der Waals surface area contributed by atoms with Gasteiger partial charge in [0.1, 0.15) is 18.1 Å². The van der Waals surface area contributed by atoms with Gasteiger partial charge in [0.25, 0.3) is 5.91 Å². The van der Waals surface area contributed by atoms with Gasteiger partial charge >= 0.3 is 0 Å². The Kier molecular flexibility index (Phi) is 16.1. The highest BCUT2D eigenvalue weighted by molar-refractivity contribution is 6.38. The van der Waals surface area contributed by atoms with Crippen LogP contribution in [0.5, 0.6) is 0 Å². The van der Waals surface area contributed by atoms with Gasteiger partial charge in [-0.25, -0.2) is 0 Å². The second-order valence-corrected chi connectivity index (χ2v) is 14.1. The van der Waals surface area contributed by atoms with E-state index in [1.54, 1.807) is 20.8 Å². The van der Waals surface area contributed by atoms with E-state index in [0.29, 0.717) is 6.42 Å².